The van der Waals surface area contributed by atoms with Crippen molar-refractivity contribution in [2.75, 3.05) is 13.1 Å². The number of amides is 1. The van der Waals surface area contributed by atoms with Gasteiger partial charge < -0.3 is 4.90 Å². The maximum absolute atomic E-state index is 11.8. The lowest BCUT2D eigenvalue weighted by Gasteiger charge is -2.11. The number of halogens is 1. The van der Waals surface area contributed by atoms with Gasteiger partial charge in [0.1, 0.15) is 0 Å². The molecular formula is C21H39ClN2O. The SMILES string of the molecule is CCCCCCCCC=CCCCCCCCC(=O)N1C=NCC1.Cl. The van der Waals surface area contributed by atoms with Crippen molar-refractivity contribution in [1.29, 1.82) is 0 Å². The van der Waals surface area contributed by atoms with Gasteiger partial charge in [-0.1, -0.05) is 70.4 Å². The zero-order valence-electron chi connectivity index (χ0n) is 16.3. The van der Waals surface area contributed by atoms with E-state index in [0.29, 0.717) is 6.42 Å². The first-order valence-corrected chi connectivity index (χ1v) is 10.3. The molecule has 0 atom stereocenters. The quantitative estimate of drug-likeness (QED) is 0.245. The fraction of sp³-hybridized carbons (Fsp3) is 0.810. The molecule has 0 aromatic rings. The van der Waals surface area contributed by atoms with Gasteiger partial charge in [0.05, 0.1) is 12.9 Å². The second-order valence-corrected chi connectivity index (χ2v) is 6.94. The van der Waals surface area contributed by atoms with Gasteiger partial charge in [-0.3, -0.25) is 9.79 Å². The van der Waals surface area contributed by atoms with Gasteiger partial charge in [-0.2, -0.15) is 0 Å². The number of allylic oxidation sites excluding steroid dienone is 2. The summed E-state index contributed by atoms with van der Waals surface area (Å²) < 4.78 is 0. The van der Waals surface area contributed by atoms with Gasteiger partial charge in [0, 0.05) is 13.0 Å². The maximum Gasteiger partial charge on any atom is 0.227 e. The molecular weight excluding hydrogens is 332 g/mol. The molecule has 0 spiro atoms. The largest absolute Gasteiger partial charge is 0.301 e. The van der Waals surface area contributed by atoms with Crippen molar-refractivity contribution in [1.82, 2.24) is 4.90 Å². The van der Waals surface area contributed by atoms with E-state index >= 15 is 0 Å². The summed E-state index contributed by atoms with van der Waals surface area (Å²) in [5, 5.41) is 0. The van der Waals surface area contributed by atoms with Gasteiger partial charge in [-0.15, -0.1) is 12.4 Å². The van der Waals surface area contributed by atoms with Crippen molar-refractivity contribution in [2.45, 2.75) is 96.8 Å². The molecule has 25 heavy (non-hydrogen) atoms. The van der Waals surface area contributed by atoms with E-state index in [1.807, 2.05) is 0 Å². The molecule has 0 radical (unpaired) electrons. The van der Waals surface area contributed by atoms with Crippen molar-refractivity contribution >= 4 is 24.7 Å². The van der Waals surface area contributed by atoms with Crippen molar-refractivity contribution in [3.05, 3.63) is 12.2 Å². The van der Waals surface area contributed by atoms with Crippen molar-refractivity contribution in [3.63, 3.8) is 0 Å². The summed E-state index contributed by atoms with van der Waals surface area (Å²) in [6, 6.07) is 0. The summed E-state index contributed by atoms with van der Waals surface area (Å²) in [7, 11) is 0. The van der Waals surface area contributed by atoms with Crippen LogP contribution in [-0.2, 0) is 4.79 Å². The van der Waals surface area contributed by atoms with Gasteiger partial charge in [0.2, 0.25) is 5.91 Å². The van der Waals surface area contributed by atoms with E-state index in [-0.39, 0.29) is 18.3 Å². The molecule has 0 saturated heterocycles. The van der Waals surface area contributed by atoms with Gasteiger partial charge >= 0.3 is 0 Å². The number of nitrogens with zero attached hydrogens (tertiary/aromatic N) is 2. The number of unbranched alkanes of at least 4 members (excludes halogenated alkanes) is 11. The van der Waals surface area contributed by atoms with Crippen LogP contribution in [0.1, 0.15) is 96.8 Å². The first-order valence-electron chi connectivity index (χ1n) is 10.3. The highest BCUT2D eigenvalue weighted by Gasteiger charge is 2.13. The Morgan fingerprint density at radius 1 is 0.920 bits per heavy atom. The topological polar surface area (TPSA) is 32.7 Å². The molecule has 0 bridgehead atoms. The van der Waals surface area contributed by atoms with Gasteiger partial charge in [-0.05, 0) is 32.1 Å². The molecule has 0 aromatic heterocycles. The molecule has 1 aliphatic rings. The number of hydrogen-bond donors (Lipinski definition) is 0. The molecule has 0 saturated carbocycles. The molecule has 1 aliphatic heterocycles. The monoisotopic (exact) mass is 370 g/mol. The highest BCUT2D eigenvalue weighted by atomic mass is 35.5. The highest BCUT2D eigenvalue weighted by Crippen LogP contribution is 2.10. The number of carbonyl (C=O) groups excluding carboxylic acids is 1. The predicted molar refractivity (Wildman–Crippen MR) is 112 cm³/mol. The van der Waals surface area contributed by atoms with Crippen molar-refractivity contribution < 1.29 is 4.79 Å². The predicted octanol–water partition coefficient (Wildman–Crippen LogP) is 6.32. The molecule has 0 aliphatic carbocycles. The Morgan fingerprint density at radius 2 is 1.48 bits per heavy atom. The average molecular weight is 371 g/mol. The fourth-order valence-electron chi connectivity index (χ4n) is 3.06. The third kappa shape index (κ3) is 14.1. The fourth-order valence-corrected chi connectivity index (χ4v) is 3.06. The van der Waals surface area contributed by atoms with E-state index in [0.717, 1.165) is 19.5 Å². The average Bonchev–Trinajstić information content (AvgIpc) is 3.13. The van der Waals surface area contributed by atoms with Crippen LogP contribution in [0.2, 0.25) is 0 Å². The second-order valence-electron chi connectivity index (χ2n) is 6.94. The molecule has 1 rings (SSSR count). The molecule has 0 fully saturated rings. The minimum Gasteiger partial charge on any atom is -0.301 e. The molecule has 146 valence electrons. The number of aliphatic imine (C=N–C) groups is 1. The first kappa shape index (κ1) is 24.2. The second kappa shape index (κ2) is 18.0. The van der Waals surface area contributed by atoms with E-state index in [9.17, 15) is 4.79 Å². The number of carbonyl (C=O) groups is 1. The van der Waals surface area contributed by atoms with Crippen molar-refractivity contribution in [2.24, 2.45) is 4.99 Å². The number of rotatable bonds is 15. The molecule has 3 nitrogen and oxygen atoms in total. The van der Waals surface area contributed by atoms with Gasteiger partial charge in [-0.25, -0.2) is 0 Å². The van der Waals surface area contributed by atoms with Crippen LogP contribution in [0, 0.1) is 0 Å². The van der Waals surface area contributed by atoms with Crippen LogP contribution in [-0.4, -0.2) is 30.2 Å². The Hall–Kier alpha value is -0.830. The molecule has 0 unspecified atom stereocenters. The Labute approximate surface area is 161 Å². The first-order chi connectivity index (χ1) is 11.8. The highest BCUT2D eigenvalue weighted by molar-refractivity contribution is 5.88. The summed E-state index contributed by atoms with van der Waals surface area (Å²) in [5.41, 5.74) is 0. The zero-order chi connectivity index (χ0) is 17.3. The van der Waals surface area contributed by atoms with Crippen LogP contribution in [0.15, 0.2) is 17.1 Å². The summed E-state index contributed by atoms with van der Waals surface area (Å²) in [6.07, 6.45) is 24.0. The van der Waals surface area contributed by atoms with E-state index in [1.165, 1.54) is 77.0 Å². The molecule has 1 heterocycles. The normalized spacial score (nSPS) is 13.6. The third-order valence-electron chi connectivity index (χ3n) is 4.66. The van der Waals surface area contributed by atoms with Crippen LogP contribution >= 0.6 is 12.4 Å². The minimum atomic E-state index is 0. The van der Waals surface area contributed by atoms with E-state index < -0.39 is 0 Å². The lowest BCUT2D eigenvalue weighted by Crippen LogP contribution is -2.27. The van der Waals surface area contributed by atoms with Crippen molar-refractivity contribution in [3.8, 4) is 0 Å². The van der Waals surface area contributed by atoms with Crippen LogP contribution in [0.25, 0.3) is 0 Å². The van der Waals surface area contributed by atoms with Gasteiger partial charge in [0.15, 0.2) is 0 Å². The Morgan fingerprint density at radius 3 is 2.04 bits per heavy atom. The van der Waals surface area contributed by atoms with E-state index in [2.05, 4.69) is 24.1 Å². The summed E-state index contributed by atoms with van der Waals surface area (Å²) >= 11 is 0. The third-order valence-corrected chi connectivity index (χ3v) is 4.66. The van der Waals surface area contributed by atoms with Gasteiger partial charge in [0.25, 0.3) is 0 Å². The smallest absolute Gasteiger partial charge is 0.227 e. The van der Waals surface area contributed by atoms with E-state index in [1.54, 1.807) is 11.2 Å². The summed E-state index contributed by atoms with van der Waals surface area (Å²) in [4.78, 5) is 17.6. The molecule has 0 N–H and O–H groups in total. The zero-order valence-corrected chi connectivity index (χ0v) is 17.1. The summed E-state index contributed by atoms with van der Waals surface area (Å²) in [5.74, 6) is 0.244. The van der Waals surface area contributed by atoms with Crippen LogP contribution < -0.4 is 0 Å². The lowest BCUT2D eigenvalue weighted by molar-refractivity contribution is -0.126. The Balaban J connectivity index is 0.00000576. The Bertz CT molecular complexity index is 369. The van der Waals surface area contributed by atoms with Crippen LogP contribution in [0.4, 0.5) is 0 Å². The van der Waals surface area contributed by atoms with Crippen LogP contribution in [0.3, 0.4) is 0 Å². The van der Waals surface area contributed by atoms with Crippen LogP contribution in [0.5, 0.6) is 0 Å². The van der Waals surface area contributed by atoms with E-state index in [4.69, 9.17) is 0 Å². The molecule has 4 heteroatoms. The Kier molecular flexibility index (Phi) is 17.4. The maximum atomic E-state index is 11.8. The number of hydrogen-bond acceptors (Lipinski definition) is 2. The lowest BCUT2D eigenvalue weighted by atomic mass is 10.1. The molecule has 1 amide bonds. The standard InChI is InChI=1S/C21H38N2O.ClH/c1-2-3-4-5-6-7-8-9-10-11-12-13-14-15-16-17-21(24)23-19-18-22-20-23;/h9-10,20H,2-8,11-19H2,1H3;1H. The molecule has 0 aromatic carbocycles. The minimum absolute atomic E-state index is 0. The summed E-state index contributed by atoms with van der Waals surface area (Å²) in [6.45, 7) is 3.83.